The largest absolute Gasteiger partial charge is 0.495 e. The Bertz CT molecular complexity index is 1410. The molecule has 0 N–H and O–H groups in total. The Kier molecular flexibility index (Phi) is 7.12. The molecule has 7 nitrogen and oxygen atoms in total. The first kappa shape index (κ1) is 24.3. The second-order valence-corrected chi connectivity index (χ2v) is 9.76. The second-order valence-electron chi connectivity index (χ2n) is 7.93. The van der Waals surface area contributed by atoms with Gasteiger partial charge in [0.1, 0.15) is 23.0 Å². The molecule has 0 aliphatic rings. The van der Waals surface area contributed by atoms with Crippen molar-refractivity contribution in [2.75, 3.05) is 18.0 Å². The van der Waals surface area contributed by atoms with Crippen LogP contribution in [0, 0.1) is 13.8 Å². The van der Waals surface area contributed by atoms with E-state index in [1.807, 2.05) is 37.3 Å². The van der Waals surface area contributed by atoms with Gasteiger partial charge in [0.25, 0.3) is 10.0 Å². The molecular weight excluding hydrogens is 464 g/mol. The number of hydrogen-bond acceptors (Lipinski definition) is 6. The lowest BCUT2D eigenvalue weighted by molar-refractivity contribution is 0.340. The van der Waals surface area contributed by atoms with Crippen LogP contribution in [0.4, 0.5) is 5.69 Å². The van der Waals surface area contributed by atoms with Crippen LogP contribution in [0.5, 0.6) is 11.5 Å². The van der Waals surface area contributed by atoms with Crippen molar-refractivity contribution in [2.24, 2.45) is 0 Å². The highest BCUT2D eigenvalue weighted by Crippen LogP contribution is 2.35. The lowest BCUT2D eigenvalue weighted by Gasteiger charge is -2.26. The lowest BCUT2D eigenvalue weighted by Crippen LogP contribution is -2.31. The van der Waals surface area contributed by atoms with Gasteiger partial charge in [0.2, 0.25) is 5.89 Å². The maximum Gasteiger partial charge on any atom is 0.265 e. The summed E-state index contributed by atoms with van der Waals surface area (Å²) in [5.74, 6) is 2.14. The molecule has 0 radical (unpaired) electrons. The van der Waals surface area contributed by atoms with Gasteiger partial charge in [-0.05, 0) is 68.8 Å². The van der Waals surface area contributed by atoms with Gasteiger partial charge in [0.05, 0.1) is 30.8 Å². The van der Waals surface area contributed by atoms with Gasteiger partial charge in [-0.15, -0.1) is 0 Å². The van der Waals surface area contributed by atoms with Crippen LogP contribution in [0.25, 0.3) is 11.5 Å². The summed E-state index contributed by atoms with van der Waals surface area (Å²) in [6, 6.07) is 21.4. The molecule has 0 bridgehead atoms. The van der Waals surface area contributed by atoms with Gasteiger partial charge in [0, 0.05) is 5.56 Å². The third kappa shape index (κ3) is 5.02. The van der Waals surface area contributed by atoms with Crippen LogP contribution in [-0.2, 0) is 16.6 Å². The molecule has 0 unspecified atom stereocenters. The number of aromatic nitrogens is 1. The maximum absolute atomic E-state index is 13.9. The highest BCUT2D eigenvalue weighted by molar-refractivity contribution is 7.92. The molecule has 3 aromatic carbocycles. The summed E-state index contributed by atoms with van der Waals surface area (Å²) in [6.45, 7) is 6.04. The number of hydrogen-bond donors (Lipinski definition) is 0. The molecule has 0 saturated heterocycles. The second kappa shape index (κ2) is 10.2. The first-order valence-electron chi connectivity index (χ1n) is 11.3. The van der Waals surface area contributed by atoms with Gasteiger partial charge in [-0.3, -0.25) is 4.31 Å². The molecule has 1 aromatic heterocycles. The van der Waals surface area contributed by atoms with E-state index in [4.69, 9.17) is 13.9 Å². The molecule has 35 heavy (non-hydrogen) atoms. The lowest BCUT2D eigenvalue weighted by atomic mass is 10.2. The number of ether oxygens (including phenoxy) is 2. The number of nitrogens with zero attached hydrogens (tertiary/aromatic N) is 2. The Morgan fingerprint density at radius 1 is 0.943 bits per heavy atom. The number of rotatable bonds is 9. The van der Waals surface area contributed by atoms with Crippen LogP contribution >= 0.6 is 0 Å². The minimum atomic E-state index is -3.94. The fourth-order valence-electron chi connectivity index (χ4n) is 3.79. The normalized spacial score (nSPS) is 11.3. The molecule has 0 saturated carbocycles. The van der Waals surface area contributed by atoms with Crippen LogP contribution in [0.1, 0.15) is 23.9 Å². The predicted octanol–water partition coefficient (Wildman–Crippen LogP) is 5.76. The Morgan fingerprint density at radius 3 is 2.31 bits per heavy atom. The third-order valence-corrected chi connectivity index (χ3v) is 7.53. The van der Waals surface area contributed by atoms with E-state index >= 15 is 0 Å². The number of sulfonamides is 1. The van der Waals surface area contributed by atoms with Crippen LogP contribution in [0.3, 0.4) is 0 Å². The zero-order valence-electron chi connectivity index (χ0n) is 20.2. The Balaban J connectivity index is 1.77. The first-order valence-corrected chi connectivity index (χ1v) is 12.7. The molecule has 0 fully saturated rings. The van der Waals surface area contributed by atoms with Gasteiger partial charge in [-0.2, -0.15) is 0 Å². The van der Waals surface area contributed by atoms with Crippen molar-refractivity contribution in [3.63, 3.8) is 0 Å². The molecular formula is C27H28N2O5S. The van der Waals surface area contributed by atoms with Crippen LogP contribution < -0.4 is 13.8 Å². The van der Waals surface area contributed by atoms with E-state index in [1.54, 1.807) is 56.3 Å². The molecule has 182 valence electrons. The number of benzene rings is 3. The van der Waals surface area contributed by atoms with E-state index < -0.39 is 10.0 Å². The molecule has 8 heteroatoms. The van der Waals surface area contributed by atoms with Gasteiger partial charge >= 0.3 is 0 Å². The average Bonchev–Trinajstić information content (AvgIpc) is 3.23. The molecule has 1 heterocycles. The Morgan fingerprint density at radius 2 is 1.63 bits per heavy atom. The van der Waals surface area contributed by atoms with Gasteiger partial charge in [-0.25, -0.2) is 13.4 Å². The molecule has 4 aromatic rings. The number of anilines is 1. The molecule has 0 amide bonds. The van der Waals surface area contributed by atoms with Crippen LogP contribution in [0.2, 0.25) is 0 Å². The van der Waals surface area contributed by atoms with Crippen molar-refractivity contribution < 1.29 is 22.3 Å². The zero-order valence-corrected chi connectivity index (χ0v) is 21.0. The van der Waals surface area contributed by atoms with E-state index in [1.165, 1.54) is 11.4 Å². The SMILES string of the molecule is CCOc1ccc(-c2nc(CN(c3ccccc3OC)S(=O)(=O)c3ccccc3C)c(C)o2)cc1. The van der Waals surface area contributed by atoms with E-state index in [2.05, 4.69) is 4.98 Å². The summed E-state index contributed by atoms with van der Waals surface area (Å²) in [7, 11) is -2.43. The standard InChI is InChI=1S/C27H28N2O5S/c1-5-33-22-16-14-21(15-17-22)27-28-23(20(3)34-27)18-29(24-11-7-8-12-25(24)32-4)35(30,31)26-13-9-6-10-19(26)2/h6-17H,5,18H2,1-4H3. The highest BCUT2D eigenvalue weighted by Gasteiger charge is 2.30. The molecule has 0 aliphatic carbocycles. The minimum absolute atomic E-state index is 0.0244. The number of oxazole rings is 1. The molecule has 0 aliphatic heterocycles. The fraction of sp³-hybridized carbons (Fsp3) is 0.222. The van der Waals surface area contributed by atoms with Crippen molar-refractivity contribution in [1.82, 2.24) is 4.98 Å². The summed E-state index contributed by atoms with van der Waals surface area (Å²) >= 11 is 0. The topological polar surface area (TPSA) is 81.9 Å². The van der Waals surface area contributed by atoms with Crippen molar-refractivity contribution in [3.05, 3.63) is 89.8 Å². The highest BCUT2D eigenvalue weighted by atomic mass is 32.2. The van der Waals surface area contributed by atoms with Crippen LogP contribution in [0.15, 0.2) is 82.1 Å². The summed E-state index contributed by atoms with van der Waals surface area (Å²) in [5.41, 5.74) is 2.35. The quantitative estimate of drug-likeness (QED) is 0.295. The molecule has 4 rings (SSSR count). The number of methoxy groups -OCH3 is 1. The van der Waals surface area contributed by atoms with Crippen molar-refractivity contribution in [3.8, 4) is 23.0 Å². The van der Waals surface area contributed by atoms with Crippen molar-refractivity contribution >= 4 is 15.7 Å². The third-order valence-electron chi connectivity index (χ3n) is 5.61. The van der Waals surface area contributed by atoms with Crippen LogP contribution in [-0.4, -0.2) is 27.1 Å². The Labute approximate surface area is 206 Å². The van der Waals surface area contributed by atoms with E-state index in [0.717, 1.165) is 11.3 Å². The zero-order chi connectivity index (χ0) is 25.0. The minimum Gasteiger partial charge on any atom is -0.495 e. The monoisotopic (exact) mass is 492 g/mol. The summed E-state index contributed by atoms with van der Waals surface area (Å²) in [4.78, 5) is 4.87. The fourth-order valence-corrected chi connectivity index (χ4v) is 5.46. The van der Waals surface area contributed by atoms with Gasteiger partial charge in [0.15, 0.2) is 0 Å². The maximum atomic E-state index is 13.9. The average molecular weight is 493 g/mol. The summed E-state index contributed by atoms with van der Waals surface area (Å²) in [6.07, 6.45) is 0. The van der Waals surface area contributed by atoms with E-state index in [9.17, 15) is 8.42 Å². The number of aryl methyl sites for hydroxylation is 2. The van der Waals surface area contributed by atoms with E-state index in [0.29, 0.717) is 41.0 Å². The summed E-state index contributed by atoms with van der Waals surface area (Å²) < 4.78 is 46.1. The van der Waals surface area contributed by atoms with Gasteiger partial charge < -0.3 is 13.9 Å². The predicted molar refractivity (Wildman–Crippen MR) is 135 cm³/mol. The van der Waals surface area contributed by atoms with Crippen molar-refractivity contribution in [2.45, 2.75) is 32.2 Å². The molecule has 0 atom stereocenters. The first-order chi connectivity index (χ1) is 16.8. The number of para-hydroxylation sites is 2. The summed E-state index contributed by atoms with van der Waals surface area (Å²) in [5, 5.41) is 0. The van der Waals surface area contributed by atoms with E-state index in [-0.39, 0.29) is 11.4 Å². The Hall–Kier alpha value is -3.78. The van der Waals surface area contributed by atoms with Gasteiger partial charge in [-0.1, -0.05) is 30.3 Å². The molecule has 0 spiro atoms. The van der Waals surface area contributed by atoms with Crippen molar-refractivity contribution in [1.29, 1.82) is 0 Å². The smallest absolute Gasteiger partial charge is 0.265 e.